The number of hydrogen-bond acceptors (Lipinski definition) is 8. The molecule has 1 aliphatic rings. The fourth-order valence-corrected chi connectivity index (χ4v) is 3.90. The van der Waals surface area contributed by atoms with Gasteiger partial charge < -0.3 is 15.0 Å². The number of halogens is 1. The molecule has 154 valence electrons. The van der Waals surface area contributed by atoms with Crippen LogP contribution in [0.2, 0.25) is 0 Å². The number of H-pyrrole nitrogens is 1. The fraction of sp³-hybridized carbons (Fsp3) is 0.353. The first-order valence-corrected chi connectivity index (χ1v) is 10.1. The van der Waals surface area contributed by atoms with Crippen molar-refractivity contribution in [1.82, 2.24) is 19.5 Å². The number of hydrogen-bond donors (Lipinski definition) is 2. The molecule has 1 unspecified atom stereocenters. The van der Waals surface area contributed by atoms with E-state index in [1.54, 1.807) is 30.3 Å². The van der Waals surface area contributed by atoms with Gasteiger partial charge in [-0.25, -0.2) is 9.55 Å². The van der Waals surface area contributed by atoms with Crippen molar-refractivity contribution >= 4 is 25.4 Å². The van der Waals surface area contributed by atoms with Gasteiger partial charge in [-0.2, -0.15) is 4.98 Å². The van der Waals surface area contributed by atoms with Crippen LogP contribution in [0.5, 0.6) is 5.75 Å². The summed E-state index contributed by atoms with van der Waals surface area (Å²) < 4.78 is 43.5. The molecule has 2 aromatic heterocycles. The third kappa shape index (κ3) is 4.16. The van der Waals surface area contributed by atoms with Gasteiger partial charge >= 0.3 is 8.25 Å². The zero-order chi connectivity index (χ0) is 20.4. The summed E-state index contributed by atoms with van der Waals surface area (Å²) >= 11 is 0. The standard InChI is InChI=1S/C17H19FN5O5P/c18-7-10-6-13(23-9-20-14-15(23)21-17(19)22-16(14)24)27-12(10)8-26-29(25)28-11-4-2-1-3-5-11/h1-5,9-10,12-13,29H,6-8H2,(H3,19,21,22,24)/t10-,12-,13-/m1/s1. The van der Waals surface area contributed by atoms with E-state index in [1.807, 2.05) is 0 Å². The second kappa shape index (κ2) is 8.32. The Labute approximate surface area is 164 Å². The van der Waals surface area contributed by atoms with E-state index in [0.29, 0.717) is 12.2 Å². The summed E-state index contributed by atoms with van der Waals surface area (Å²) in [6.45, 7) is -0.744. The van der Waals surface area contributed by atoms with E-state index in [4.69, 9.17) is 19.5 Å². The summed E-state index contributed by atoms with van der Waals surface area (Å²) in [6, 6.07) is 8.61. The van der Waals surface area contributed by atoms with Crippen LogP contribution in [0.4, 0.5) is 10.3 Å². The lowest BCUT2D eigenvalue weighted by molar-refractivity contribution is -0.0258. The van der Waals surface area contributed by atoms with Gasteiger partial charge in [-0.15, -0.1) is 0 Å². The Kier molecular flexibility index (Phi) is 5.61. The first-order chi connectivity index (χ1) is 14.0. The average molecular weight is 423 g/mol. The fourth-order valence-electron chi connectivity index (χ4n) is 3.21. The van der Waals surface area contributed by atoms with Crippen LogP contribution in [0.25, 0.3) is 11.2 Å². The summed E-state index contributed by atoms with van der Waals surface area (Å²) in [5, 5.41) is 0. The SMILES string of the molecule is Nc1nc2c(ncn2[C@H]2C[C@H](CF)[C@@H](CO[PH](=O)Oc3ccccc3)O2)c(=O)[nH]1. The summed E-state index contributed by atoms with van der Waals surface area (Å²) in [4.78, 5) is 22.4. The van der Waals surface area contributed by atoms with Gasteiger partial charge in [0.15, 0.2) is 11.2 Å². The van der Waals surface area contributed by atoms with E-state index in [1.165, 1.54) is 10.9 Å². The molecule has 0 bridgehead atoms. The summed E-state index contributed by atoms with van der Waals surface area (Å²) in [6.07, 6.45) is 0.456. The molecule has 0 amide bonds. The normalized spacial score (nSPS) is 22.7. The number of nitrogens with two attached hydrogens (primary N) is 1. The zero-order valence-electron chi connectivity index (χ0n) is 15.2. The van der Waals surface area contributed by atoms with Gasteiger partial charge in [0.25, 0.3) is 5.56 Å². The van der Waals surface area contributed by atoms with E-state index in [-0.39, 0.29) is 23.7 Å². The minimum Gasteiger partial charge on any atom is -0.426 e. The molecule has 0 aliphatic carbocycles. The molecule has 3 aromatic rings. The number of alkyl halides is 1. The molecule has 3 N–H and O–H groups in total. The molecular weight excluding hydrogens is 404 g/mol. The van der Waals surface area contributed by atoms with Crippen molar-refractivity contribution in [2.75, 3.05) is 19.0 Å². The molecule has 1 aliphatic heterocycles. The number of nitrogen functional groups attached to an aromatic ring is 1. The highest BCUT2D eigenvalue weighted by Crippen LogP contribution is 2.37. The first-order valence-electron chi connectivity index (χ1n) is 8.88. The molecule has 0 spiro atoms. The largest absolute Gasteiger partial charge is 0.426 e. The maximum Gasteiger partial charge on any atom is 0.367 e. The summed E-state index contributed by atoms with van der Waals surface area (Å²) in [5.41, 5.74) is 5.49. The van der Waals surface area contributed by atoms with Crippen LogP contribution in [0, 0.1) is 5.92 Å². The van der Waals surface area contributed by atoms with Gasteiger partial charge in [0.2, 0.25) is 5.95 Å². The maximum atomic E-state index is 13.5. The number of para-hydroxylation sites is 1. The van der Waals surface area contributed by atoms with Gasteiger partial charge in [-0.1, -0.05) is 18.2 Å². The van der Waals surface area contributed by atoms with Crippen molar-refractivity contribution in [1.29, 1.82) is 0 Å². The predicted octanol–water partition coefficient (Wildman–Crippen LogP) is 2.06. The zero-order valence-corrected chi connectivity index (χ0v) is 16.2. The van der Waals surface area contributed by atoms with Crippen LogP contribution < -0.4 is 15.8 Å². The van der Waals surface area contributed by atoms with Crippen LogP contribution in [0.15, 0.2) is 41.5 Å². The summed E-state index contributed by atoms with van der Waals surface area (Å²) in [5.74, 6) is -0.119. The number of aromatic nitrogens is 4. The Hall–Kier alpha value is -2.75. The quantitative estimate of drug-likeness (QED) is 0.552. The van der Waals surface area contributed by atoms with Crippen molar-refractivity contribution in [2.45, 2.75) is 18.8 Å². The van der Waals surface area contributed by atoms with Crippen LogP contribution in [0.1, 0.15) is 12.6 Å². The summed E-state index contributed by atoms with van der Waals surface area (Å²) in [7, 11) is -2.82. The van der Waals surface area contributed by atoms with Gasteiger partial charge in [0, 0.05) is 12.3 Å². The number of fused-ring (bicyclic) bond motifs is 1. The van der Waals surface area contributed by atoms with Crippen LogP contribution in [0.3, 0.4) is 0 Å². The van der Waals surface area contributed by atoms with Crippen molar-refractivity contribution < 1.29 is 22.7 Å². The topological polar surface area (TPSA) is 134 Å². The van der Waals surface area contributed by atoms with Crippen molar-refractivity contribution in [3.63, 3.8) is 0 Å². The highest BCUT2D eigenvalue weighted by Gasteiger charge is 2.37. The molecule has 1 aromatic carbocycles. The molecule has 1 fully saturated rings. The molecule has 29 heavy (non-hydrogen) atoms. The lowest BCUT2D eigenvalue weighted by atomic mass is 10.0. The molecular formula is C17H19FN5O5P. The van der Waals surface area contributed by atoms with E-state index < -0.39 is 38.7 Å². The molecule has 12 heteroatoms. The molecule has 1 saturated heterocycles. The second-order valence-electron chi connectivity index (χ2n) is 6.53. The number of aromatic amines is 1. The molecule has 4 atom stereocenters. The van der Waals surface area contributed by atoms with Crippen LogP contribution in [-0.4, -0.2) is 38.9 Å². The maximum absolute atomic E-state index is 13.5. The number of rotatable bonds is 7. The lowest BCUT2D eigenvalue weighted by Gasteiger charge is -2.17. The smallest absolute Gasteiger partial charge is 0.367 e. The average Bonchev–Trinajstić information content (AvgIpc) is 3.31. The highest BCUT2D eigenvalue weighted by atomic mass is 31.1. The third-order valence-electron chi connectivity index (χ3n) is 4.63. The number of imidazole rings is 1. The molecule has 10 nitrogen and oxygen atoms in total. The van der Waals surface area contributed by atoms with Crippen LogP contribution in [-0.2, 0) is 13.8 Å². The van der Waals surface area contributed by atoms with E-state index in [2.05, 4.69) is 15.0 Å². The Bertz CT molecular complexity index is 1080. The number of nitrogens with zero attached hydrogens (tertiary/aromatic N) is 3. The van der Waals surface area contributed by atoms with Crippen molar-refractivity contribution in [2.24, 2.45) is 5.92 Å². The first kappa shape index (κ1) is 19.6. The molecule has 3 heterocycles. The van der Waals surface area contributed by atoms with Gasteiger partial charge in [0.1, 0.15) is 12.0 Å². The molecule has 4 rings (SSSR count). The number of benzene rings is 1. The van der Waals surface area contributed by atoms with Crippen LogP contribution >= 0.6 is 8.25 Å². The number of anilines is 1. The van der Waals surface area contributed by atoms with E-state index in [0.717, 1.165) is 0 Å². The monoisotopic (exact) mass is 423 g/mol. The Balaban J connectivity index is 1.44. The minimum atomic E-state index is -2.82. The Morgan fingerprint density at radius 2 is 2.17 bits per heavy atom. The van der Waals surface area contributed by atoms with Gasteiger partial charge in [-0.3, -0.25) is 23.3 Å². The van der Waals surface area contributed by atoms with Crippen molar-refractivity contribution in [3.05, 3.63) is 47.0 Å². The minimum absolute atomic E-state index is 0.0548. The molecule has 0 saturated carbocycles. The number of nitrogens with one attached hydrogen (secondary N) is 1. The Morgan fingerprint density at radius 3 is 2.93 bits per heavy atom. The van der Waals surface area contributed by atoms with Crippen molar-refractivity contribution in [3.8, 4) is 5.75 Å². The number of ether oxygens (including phenoxy) is 1. The van der Waals surface area contributed by atoms with E-state index >= 15 is 0 Å². The molecule has 0 radical (unpaired) electrons. The highest BCUT2D eigenvalue weighted by molar-refractivity contribution is 7.33. The predicted molar refractivity (Wildman–Crippen MR) is 103 cm³/mol. The third-order valence-corrected chi connectivity index (χ3v) is 5.44. The van der Waals surface area contributed by atoms with Gasteiger partial charge in [0.05, 0.1) is 25.7 Å². The second-order valence-corrected chi connectivity index (χ2v) is 7.52. The van der Waals surface area contributed by atoms with Gasteiger partial charge in [-0.05, 0) is 12.1 Å². The van der Waals surface area contributed by atoms with E-state index in [9.17, 15) is 13.8 Å². The lowest BCUT2D eigenvalue weighted by Crippen LogP contribution is -2.23. The Morgan fingerprint density at radius 1 is 1.38 bits per heavy atom.